The van der Waals surface area contributed by atoms with Gasteiger partial charge in [0, 0.05) is 11.5 Å². The van der Waals surface area contributed by atoms with E-state index in [2.05, 4.69) is 15.3 Å². The third kappa shape index (κ3) is 3.63. The highest BCUT2D eigenvalue weighted by atomic mass is 16.7. The van der Waals surface area contributed by atoms with Crippen molar-refractivity contribution in [1.82, 2.24) is 5.32 Å². The van der Waals surface area contributed by atoms with Crippen molar-refractivity contribution in [2.75, 3.05) is 13.1 Å². The molecule has 0 radical (unpaired) electrons. The van der Waals surface area contributed by atoms with Gasteiger partial charge in [0.05, 0.1) is 11.2 Å². The van der Waals surface area contributed by atoms with Crippen molar-refractivity contribution in [3.05, 3.63) is 10.4 Å². The zero-order chi connectivity index (χ0) is 17.3. The van der Waals surface area contributed by atoms with Crippen LogP contribution in [0.2, 0.25) is 6.32 Å². The first-order valence-electron chi connectivity index (χ1n) is 7.98. The van der Waals surface area contributed by atoms with Crippen LogP contribution in [-0.4, -0.2) is 48.0 Å². The summed E-state index contributed by atoms with van der Waals surface area (Å²) >= 11 is 0. The normalized spacial score (nSPS) is 32.3. The zero-order valence-electron chi connectivity index (χ0n) is 14.2. The van der Waals surface area contributed by atoms with Crippen LogP contribution < -0.4 is 5.32 Å². The molecule has 2 aliphatic heterocycles. The number of hydrogen-bond acceptors (Lipinski definition) is 5. The van der Waals surface area contributed by atoms with E-state index in [0.29, 0.717) is 19.3 Å². The van der Waals surface area contributed by atoms with Gasteiger partial charge in [0.1, 0.15) is 0 Å². The predicted molar refractivity (Wildman–Crippen MR) is 86.0 cm³/mol. The largest absolute Gasteiger partial charge is 0.481 e. The summed E-state index contributed by atoms with van der Waals surface area (Å²) in [6.45, 7) is 8.89. The average Bonchev–Trinajstić information content (AvgIpc) is 2.65. The minimum atomic E-state index is -1.40. The summed E-state index contributed by atoms with van der Waals surface area (Å²) in [5.41, 5.74) is 6.54. The van der Waals surface area contributed by atoms with E-state index in [9.17, 15) is 9.90 Å². The predicted octanol–water partition coefficient (Wildman–Crippen LogP) is 2.21. The van der Waals surface area contributed by atoms with Gasteiger partial charge in [-0.2, -0.15) is 0 Å². The van der Waals surface area contributed by atoms with Gasteiger partial charge in [0.2, 0.25) is 0 Å². The summed E-state index contributed by atoms with van der Waals surface area (Å²) in [5.74, 6) is -0.979. The maximum atomic E-state index is 11.5. The Hall–Kier alpha value is -1.28. The molecule has 0 aromatic heterocycles. The van der Waals surface area contributed by atoms with Crippen molar-refractivity contribution < 1.29 is 19.2 Å². The van der Waals surface area contributed by atoms with Crippen molar-refractivity contribution in [3.8, 4) is 0 Å². The molecule has 0 saturated carbocycles. The lowest BCUT2D eigenvalue weighted by atomic mass is 9.75. The molecule has 128 valence electrons. The molecule has 2 fully saturated rings. The summed E-state index contributed by atoms with van der Waals surface area (Å²) in [4.78, 5) is 14.2. The van der Waals surface area contributed by atoms with Gasteiger partial charge in [-0.1, -0.05) is 11.5 Å². The summed E-state index contributed by atoms with van der Waals surface area (Å²) in [6.07, 6.45) is 1.77. The average molecular weight is 324 g/mol. The van der Waals surface area contributed by atoms with Crippen molar-refractivity contribution in [1.29, 1.82) is 0 Å². The molecule has 0 aromatic rings. The van der Waals surface area contributed by atoms with Crippen LogP contribution in [0.3, 0.4) is 0 Å². The smallest absolute Gasteiger partial charge is 0.457 e. The standard InChI is InChI=1S/C14H25BN4O4/c1-12(2)13(3,4)23-15(22-12)6-5-10-7-14(11(20)21,18-19-16)9-17-8-10/h10,17H,5-9H2,1-4H3,(H,20,21)/t10-,14-/m1/s1. The van der Waals surface area contributed by atoms with Crippen molar-refractivity contribution in [2.24, 2.45) is 11.0 Å². The van der Waals surface area contributed by atoms with Gasteiger partial charge >= 0.3 is 13.1 Å². The first-order chi connectivity index (χ1) is 10.6. The fourth-order valence-corrected chi connectivity index (χ4v) is 3.13. The number of nitrogens with zero attached hydrogens (tertiary/aromatic N) is 3. The van der Waals surface area contributed by atoms with Crippen LogP contribution in [0, 0.1) is 5.92 Å². The number of piperidine rings is 1. The summed E-state index contributed by atoms with van der Waals surface area (Å²) in [6, 6.07) is 0. The molecular weight excluding hydrogens is 299 g/mol. The number of carboxylic acids is 1. The molecule has 8 nitrogen and oxygen atoms in total. The first-order valence-corrected chi connectivity index (χ1v) is 7.98. The second-order valence-electron chi connectivity index (χ2n) is 7.49. The van der Waals surface area contributed by atoms with Crippen LogP contribution in [0.15, 0.2) is 5.11 Å². The molecule has 23 heavy (non-hydrogen) atoms. The Bertz CT molecular complexity index is 501. The third-order valence-electron chi connectivity index (χ3n) is 5.22. The first kappa shape index (κ1) is 18.1. The molecule has 0 spiro atoms. The van der Waals surface area contributed by atoms with Gasteiger partial charge in [-0.05, 0) is 58.4 Å². The molecule has 2 N–H and O–H groups in total. The third-order valence-corrected chi connectivity index (χ3v) is 5.22. The van der Waals surface area contributed by atoms with Crippen LogP contribution >= 0.6 is 0 Å². The van der Waals surface area contributed by atoms with Gasteiger partial charge in [-0.3, -0.25) is 4.79 Å². The van der Waals surface area contributed by atoms with Crippen LogP contribution in [0.4, 0.5) is 0 Å². The van der Waals surface area contributed by atoms with E-state index in [1.807, 2.05) is 27.7 Å². The highest BCUT2D eigenvalue weighted by Gasteiger charge is 2.51. The lowest BCUT2D eigenvalue weighted by Gasteiger charge is -2.34. The van der Waals surface area contributed by atoms with Crippen LogP contribution in [0.25, 0.3) is 10.4 Å². The van der Waals surface area contributed by atoms with E-state index >= 15 is 0 Å². The summed E-state index contributed by atoms with van der Waals surface area (Å²) < 4.78 is 11.9. The molecule has 2 heterocycles. The lowest BCUT2D eigenvalue weighted by molar-refractivity contribution is -0.144. The second kappa shape index (κ2) is 6.32. The number of carboxylic acid groups (broad SMARTS) is 1. The summed E-state index contributed by atoms with van der Waals surface area (Å²) in [5, 5.41) is 16.0. The van der Waals surface area contributed by atoms with Crippen molar-refractivity contribution in [3.63, 3.8) is 0 Å². The van der Waals surface area contributed by atoms with Crippen molar-refractivity contribution >= 4 is 13.1 Å². The Morgan fingerprint density at radius 2 is 2.00 bits per heavy atom. The van der Waals surface area contributed by atoms with E-state index in [1.165, 1.54) is 0 Å². The molecule has 0 amide bonds. The summed E-state index contributed by atoms with van der Waals surface area (Å²) in [7, 11) is -0.291. The van der Waals surface area contributed by atoms with Crippen LogP contribution in [-0.2, 0) is 14.1 Å². The molecule has 0 unspecified atom stereocenters. The number of nitrogens with one attached hydrogen (secondary N) is 1. The van der Waals surface area contributed by atoms with Gasteiger partial charge in [-0.25, -0.2) is 0 Å². The number of carbonyl (C=O) groups is 1. The molecule has 9 heteroatoms. The van der Waals surface area contributed by atoms with Crippen LogP contribution in [0.1, 0.15) is 40.5 Å². The maximum Gasteiger partial charge on any atom is 0.457 e. The van der Waals surface area contributed by atoms with E-state index in [1.54, 1.807) is 0 Å². The Morgan fingerprint density at radius 1 is 1.39 bits per heavy atom. The molecule has 2 aliphatic rings. The number of aliphatic carboxylic acids is 1. The number of hydrogen-bond donors (Lipinski definition) is 2. The number of azide groups is 1. The van der Waals surface area contributed by atoms with Gasteiger partial charge < -0.3 is 19.7 Å². The lowest BCUT2D eigenvalue weighted by Crippen LogP contribution is -2.53. The molecule has 0 aliphatic carbocycles. The fraction of sp³-hybridized carbons (Fsp3) is 0.929. The van der Waals surface area contributed by atoms with Crippen molar-refractivity contribution in [2.45, 2.75) is 63.6 Å². The molecule has 2 saturated heterocycles. The minimum absolute atomic E-state index is 0.101. The highest BCUT2D eigenvalue weighted by molar-refractivity contribution is 6.45. The van der Waals surface area contributed by atoms with E-state index in [0.717, 1.165) is 6.42 Å². The van der Waals surface area contributed by atoms with Gasteiger partial charge in [-0.15, -0.1) is 0 Å². The minimum Gasteiger partial charge on any atom is -0.481 e. The Morgan fingerprint density at radius 3 is 2.52 bits per heavy atom. The van der Waals surface area contributed by atoms with Gasteiger partial charge in [0.25, 0.3) is 0 Å². The molecular formula is C14H25BN4O4. The number of rotatable bonds is 5. The molecule has 2 atom stereocenters. The SMILES string of the molecule is CC1(C)OB(CC[C@H]2CNC[C@@](N=[N+]=[N-])(C(=O)O)C2)OC1(C)C. The van der Waals surface area contributed by atoms with E-state index in [-0.39, 0.29) is 30.8 Å². The molecule has 0 bridgehead atoms. The second-order valence-corrected chi connectivity index (χ2v) is 7.49. The quantitative estimate of drug-likeness (QED) is 0.348. The topological polar surface area (TPSA) is 117 Å². The van der Waals surface area contributed by atoms with Crippen LogP contribution in [0.5, 0.6) is 0 Å². The highest BCUT2D eigenvalue weighted by Crippen LogP contribution is 2.39. The Kier molecular flexibility index (Phi) is 4.96. The Labute approximate surface area is 136 Å². The Balaban J connectivity index is 1.94. The van der Waals surface area contributed by atoms with Gasteiger partial charge in [0.15, 0.2) is 5.54 Å². The molecule has 0 aromatic carbocycles. The zero-order valence-corrected chi connectivity index (χ0v) is 14.2. The van der Waals surface area contributed by atoms with E-state index < -0.39 is 11.5 Å². The maximum absolute atomic E-state index is 11.5. The van der Waals surface area contributed by atoms with E-state index in [4.69, 9.17) is 14.8 Å². The fourth-order valence-electron chi connectivity index (χ4n) is 3.13. The monoisotopic (exact) mass is 324 g/mol. The molecule has 2 rings (SSSR count).